The SMILES string of the molecule is Cc1cccc(C(=O)Oc2ccc(C(CNC(C)(C)C)OS(C)(=O)=O)cc2OC(=O)c2cccc(C)c2)c1. The molecule has 0 saturated carbocycles. The van der Waals surface area contributed by atoms with Crippen LogP contribution in [0.5, 0.6) is 11.5 Å². The molecule has 0 spiro atoms. The van der Waals surface area contributed by atoms with Gasteiger partial charge in [0.05, 0.1) is 17.4 Å². The maximum atomic E-state index is 13.0. The number of carbonyl (C=O) groups excluding carboxylic acids is 2. The zero-order valence-electron chi connectivity index (χ0n) is 22.4. The van der Waals surface area contributed by atoms with Gasteiger partial charge in [-0.3, -0.25) is 4.18 Å². The molecule has 0 aromatic heterocycles. The number of rotatable bonds is 9. The van der Waals surface area contributed by atoms with Crippen molar-refractivity contribution in [1.82, 2.24) is 5.32 Å². The smallest absolute Gasteiger partial charge is 0.343 e. The first-order valence-corrected chi connectivity index (χ1v) is 13.9. The van der Waals surface area contributed by atoms with Crippen LogP contribution in [0.25, 0.3) is 0 Å². The van der Waals surface area contributed by atoms with E-state index in [9.17, 15) is 18.0 Å². The summed E-state index contributed by atoms with van der Waals surface area (Å²) >= 11 is 0. The van der Waals surface area contributed by atoms with E-state index in [1.54, 1.807) is 42.5 Å². The van der Waals surface area contributed by atoms with E-state index in [0.717, 1.165) is 17.4 Å². The van der Waals surface area contributed by atoms with Gasteiger partial charge in [-0.2, -0.15) is 8.42 Å². The second-order valence-electron chi connectivity index (χ2n) is 10.1. The molecule has 3 rings (SSSR count). The summed E-state index contributed by atoms with van der Waals surface area (Å²) in [5.41, 5.74) is 2.49. The zero-order chi connectivity index (χ0) is 28.1. The van der Waals surface area contributed by atoms with Gasteiger partial charge in [0.15, 0.2) is 11.5 Å². The zero-order valence-corrected chi connectivity index (χ0v) is 23.2. The minimum Gasteiger partial charge on any atom is -0.419 e. The Bertz CT molecular complexity index is 1420. The quantitative estimate of drug-likeness (QED) is 0.226. The summed E-state index contributed by atoms with van der Waals surface area (Å²) in [7, 11) is -3.83. The fraction of sp³-hybridized carbons (Fsp3) is 0.310. The number of ether oxygens (including phenoxy) is 2. The topological polar surface area (TPSA) is 108 Å². The Balaban J connectivity index is 2.01. The average molecular weight is 540 g/mol. The minimum atomic E-state index is -3.83. The molecule has 0 aliphatic rings. The summed E-state index contributed by atoms with van der Waals surface area (Å²) in [5.74, 6) is -1.34. The number of benzene rings is 3. The highest BCUT2D eigenvalue weighted by atomic mass is 32.2. The van der Waals surface area contributed by atoms with Crippen LogP contribution in [0.1, 0.15) is 64.3 Å². The molecule has 1 atom stereocenters. The van der Waals surface area contributed by atoms with E-state index in [-0.39, 0.29) is 23.6 Å². The molecule has 8 nitrogen and oxygen atoms in total. The van der Waals surface area contributed by atoms with E-state index in [1.807, 2.05) is 46.8 Å². The maximum Gasteiger partial charge on any atom is 0.343 e. The van der Waals surface area contributed by atoms with Crippen LogP contribution in [0.2, 0.25) is 0 Å². The second-order valence-corrected chi connectivity index (χ2v) is 11.7. The molecule has 1 unspecified atom stereocenters. The van der Waals surface area contributed by atoms with Crippen molar-refractivity contribution < 1.29 is 31.7 Å². The summed E-state index contributed by atoms with van der Waals surface area (Å²) in [6.07, 6.45) is 0.0375. The van der Waals surface area contributed by atoms with Crippen molar-refractivity contribution in [2.75, 3.05) is 12.8 Å². The van der Waals surface area contributed by atoms with Gasteiger partial charge in [-0.1, -0.05) is 41.5 Å². The third-order valence-electron chi connectivity index (χ3n) is 5.36. The van der Waals surface area contributed by atoms with Crippen LogP contribution >= 0.6 is 0 Å². The molecule has 1 N–H and O–H groups in total. The Labute approximate surface area is 224 Å². The van der Waals surface area contributed by atoms with Crippen LogP contribution < -0.4 is 14.8 Å². The first-order valence-electron chi connectivity index (χ1n) is 12.0. The summed E-state index contributed by atoms with van der Waals surface area (Å²) in [4.78, 5) is 25.8. The van der Waals surface area contributed by atoms with Gasteiger partial charge in [-0.05, 0) is 76.6 Å². The minimum absolute atomic E-state index is 0.00291. The number of aryl methyl sites for hydroxylation is 2. The van der Waals surface area contributed by atoms with Crippen LogP contribution in [0.4, 0.5) is 0 Å². The molecule has 0 saturated heterocycles. The molecular formula is C29H33NO7S. The maximum absolute atomic E-state index is 13.0. The Morgan fingerprint density at radius 1 is 0.816 bits per heavy atom. The van der Waals surface area contributed by atoms with Gasteiger partial charge in [0, 0.05) is 12.1 Å². The van der Waals surface area contributed by atoms with Crippen molar-refractivity contribution >= 4 is 22.1 Å². The van der Waals surface area contributed by atoms with E-state index >= 15 is 0 Å². The third-order valence-corrected chi connectivity index (χ3v) is 5.94. The van der Waals surface area contributed by atoms with Gasteiger partial charge in [0.25, 0.3) is 10.1 Å². The van der Waals surface area contributed by atoms with Gasteiger partial charge >= 0.3 is 11.9 Å². The van der Waals surface area contributed by atoms with Gasteiger partial charge < -0.3 is 14.8 Å². The van der Waals surface area contributed by atoms with E-state index in [0.29, 0.717) is 16.7 Å². The molecule has 0 radical (unpaired) electrons. The third kappa shape index (κ3) is 8.79. The molecular weight excluding hydrogens is 506 g/mol. The van der Waals surface area contributed by atoms with E-state index in [1.165, 1.54) is 12.1 Å². The molecule has 0 fully saturated rings. The fourth-order valence-corrected chi connectivity index (χ4v) is 4.17. The van der Waals surface area contributed by atoms with Crippen molar-refractivity contribution in [2.45, 2.75) is 46.3 Å². The Morgan fingerprint density at radius 2 is 1.34 bits per heavy atom. The molecule has 0 bridgehead atoms. The summed E-state index contributed by atoms with van der Waals surface area (Å²) in [5, 5.41) is 3.23. The van der Waals surface area contributed by atoms with E-state index < -0.39 is 28.2 Å². The molecule has 3 aromatic carbocycles. The largest absolute Gasteiger partial charge is 0.419 e. The monoisotopic (exact) mass is 539 g/mol. The van der Waals surface area contributed by atoms with Crippen LogP contribution in [-0.4, -0.2) is 38.7 Å². The Morgan fingerprint density at radius 3 is 1.82 bits per heavy atom. The summed E-state index contributed by atoms with van der Waals surface area (Å²) in [6.45, 7) is 9.68. The highest BCUT2D eigenvalue weighted by molar-refractivity contribution is 7.86. The molecule has 9 heteroatoms. The Hall–Kier alpha value is -3.53. The van der Waals surface area contributed by atoms with Gasteiger partial charge in [-0.25, -0.2) is 9.59 Å². The van der Waals surface area contributed by atoms with Crippen LogP contribution in [-0.2, 0) is 14.3 Å². The van der Waals surface area contributed by atoms with Crippen molar-refractivity contribution in [1.29, 1.82) is 0 Å². The molecule has 3 aromatic rings. The highest BCUT2D eigenvalue weighted by Gasteiger charge is 2.24. The normalized spacial score (nSPS) is 12.6. The lowest BCUT2D eigenvalue weighted by Gasteiger charge is -2.25. The fourth-order valence-electron chi connectivity index (χ4n) is 3.57. The lowest BCUT2D eigenvalue weighted by Crippen LogP contribution is -2.39. The Kier molecular flexibility index (Phi) is 9.09. The van der Waals surface area contributed by atoms with Crippen LogP contribution in [0, 0.1) is 13.8 Å². The lowest BCUT2D eigenvalue weighted by molar-refractivity contribution is 0.0681. The molecule has 0 aliphatic carbocycles. The number of nitrogens with one attached hydrogen (secondary N) is 1. The van der Waals surface area contributed by atoms with Crippen molar-refractivity contribution in [2.24, 2.45) is 0 Å². The van der Waals surface area contributed by atoms with Crippen LogP contribution in [0.15, 0.2) is 66.7 Å². The van der Waals surface area contributed by atoms with Crippen molar-refractivity contribution in [3.63, 3.8) is 0 Å². The number of esters is 2. The number of hydrogen-bond acceptors (Lipinski definition) is 8. The molecule has 202 valence electrons. The highest BCUT2D eigenvalue weighted by Crippen LogP contribution is 2.33. The summed E-state index contributed by atoms with van der Waals surface area (Å²) < 4.78 is 40.6. The van der Waals surface area contributed by atoms with Crippen LogP contribution in [0.3, 0.4) is 0 Å². The van der Waals surface area contributed by atoms with Gasteiger partial charge in [0.2, 0.25) is 0 Å². The molecule has 0 aliphatic heterocycles. The predicted molar refractivity (Wildman–Crippen MR) is 145 cm³/mol. The van der Waals surface area contributed by atoms with Crippen molar-refractivity contribution in [3.8, 4) is 11.5 Å². The predicted octanol–water partition coefficient (Wildman–Crippen LogP) is 5.15. The van der Waals surface area contributed by atoms with Gasteiger partial charge in [0.1, 0.15) is 6.10 Å². The summed E-state index contributed by atoms with van der Waals surface area (Å²) in [6, 6.07) is 18.2. The van der Waals surface area contributed by atoms with E-state index in [2.05, 4.69) is 5.32 Å². The molecule has 38 heavy (non-hydrogen) atoms. The number of hydrogen-bond donors (Lipinski definition) is 1. The second kappa shape index (κ2) is 11.9. The first-order chi connectivity index (χ1) is 17.7. The van der Waals surface area contributed by atoms with Gasteiger partial charge in [-0.15, -0.1) is 0 Å². The average Bonchev–Trinajstić information content (AvgIpc) is 2.81. The lowest BCUT2D eigenvalue weighted by atomic mass is 10.1. The molecule has 0 amide bonds. The first kappa shape index (κ1) is 29.0. The standard InChI is InChI=1S/C29H33NO7S/c1-19-9-7-11-22(15-19)27(31)35-24-14-13-21(26(37-38(6,33)34)18-30-29(3,4)5)17-25(24)36-28(32)23-12-8-10-20(2)16-23/h7-17,26,30H,18H2,1-6H3. The molecule has 0 heterocycles. The number of carbonyl (C=O) groups is 2. The van der Waals surface area contributed by atoms with E-state index in [4.69, 9.17) is 13.7 Å². The van der Waals surface area contributed by atoms with Crippen molar-refractivity contribution in [3.05, 3.63) is 94.5 Å².